The molecule has 0 aromatic heterocycles. The molecule has 1 aliphatic heterocycles. The number of nitrogens with one attached hydrogen (secondary N) is 1. The van der Waals surface area contributed by atoms with Crippen LogP contribution in [0.1, 0.15) is 46.5 Å². The summed E-state index contributed by atoms with van der Waals surface area (Å²) in [5, 5.41) is 2.72. The number of ether oxygens (including phenoxy) is 2. The number of carbonyl (C=O) groups excluding carboxylic acids is 2. The zero-order valence-electron chi connectivity index (χ0n) is 13.3. The van der Waals surface area contributed by atoms with Crippen molar-refractivity contribution in [2.75, 3.05) is 13.2 Å². The highest BCUT2D eigenvalue weighted by atomic mass is 16.5. The maximum atomic E-state index is 12.1. The standard InChI is InChI=1S/C15H28N2O4/c1-4-20-15(19)13(9-11-6-5-7-21-11)17-14(18)12(16)8-10(2)3/h10-13H,4-9,16H2,1-3H3,(H,17,18)/t11?,12?,13-/m0/s1. The van der Waals surface area contributed by atoms with Crippen LogP contribution in [-0.4, -0.2) is 43.3 Å². The Hall–Kier alpha value is -1.14. The first-order valence-corrected chi connectivity index (χ1v) is 7.78. The highest BCUT2D eigenvalue weighted by Gasteiger charge is 2.29. The summed E-state index contributed by atoms with van der Waals surface area (Å²) in [4.78, 5) is 24.1. The van der Waals surface area contributed by atoms with E-state index in [4.69, 9.17) is 15.2 Å². The predicted octanol–water partition coefficient (Wildman–Crippen LogP) is 0.977. The number of carbonyl (C=O) groups is 2. The van der Waals surface area contributed by atoms with Crippen molar-refractivity contribution in [3.8, 4) is 0 Å². The average molecular weight is 300 g/mol. The molecule has 1 rings (SSSR count). The van der Waals surface area contributed by atoms with Crippen LogP contribution in [0, 0.1) is 5.92 Å². The highest BCUT2D eigenvalue weighted by molar-refractivity contribution is 5.87. The lowest BCUT2D eigenvalue weighted by molar-refractivity contribution is -0.148. The van der Waals surface area contributed by atoms with E-state index in [9.17, 15) is 9.59 Å². The molecule has 0 bridgehead atoms. The van der Waals surface area contributed by atoms with Crippen molar-refractivity contribution in [2.24, 2.45) is 11.7 Å². The van der Waals surface area contributed by atoms with Gasteiger partial charge >= 0.3 is 5.97 Å². The first-order chi connectivity index (χ1) is 9.93. The quantitative estimate of drug-likeness (QED) is 0.652. The number of esters is 1. The van der Waals surface area contributed by atoms with Crippen molar-refractivity contribution in [3.63, 3.8) is 0 Å². The summed E-state index contributed by atoms with van der Waals surface area (Å²) >= 11 is 0. The fraction of sp³-hybridized carbons (Fsp3) is 0.867. The van der Waals surface area contributed by atoms with Crippen LogP contribution in [0.3, 0.4) is 0 Å². The molecular formula is C15H28N2O4. The molecule has 0 spiro atoms. The van der Waals surface area contributed by atoms with Gasteiger partial charge in [-0.3, -0.25) is 4.79 Å². The molecule has 0 aliphatic carbocycles. The maximum absolute atomic E-state index is 12.1. The van der Waals surface area contributed by atoms with Gasteiger partial charge in [0, 0.05) is 13.0 Å². The topological polar surface area (TPSA) is 90.6 Å². The van der Waals surface area contributed by atoms with Crippen molar-refractivity contribution >= 4 is 11.9 Å². The van der Waals surface area contributed by atoms with Gasteiger partial charge in [0.1, 0.15) is 6.04 Å². The molecule has 0 radical (unpaired) electrons. The van der Waals surface area contributed by atoms with Gasteiger partial charge in [-0.25, -0.2) is 4.79 Å². The van der Waals surface area contributed by atoms with E-state index in [2.05, 4.69) is 5.32 Å². The van der Waals surface area contributed by atoms with Crippen molar-refractivity contribution in [1.29, 1.82) is 0 Å². The third-order valence-corrected chi connectivity index (χ3v) is 3.47. The summed E-state index contributed by atoms with van der Waals surface area (Å²) in [7, 11) is 0. The van der Waals surface area contributed by atoms with Crippen molar-refractivity contribution in [3.05, 3.63) is 0 Å². The molecule has 21 heavy (non-hydrogen) atoms. The molecule has 1 heterocycles. The predicted molar refractivity (Wildman–Crippen MR) is 79.6 cm³/mol. The highest BCUT2D eigenvalue weighted by Crippen LogP contribution is 2.17. The Morgan fingerprint density at radius 3 is 2.67 bits per heavy atom. The first kappa shape index (κ1) is 17.9. The van der Waals surface area contributed by atoms with Crippen molar-refractivity contribution in [2.45, 2.75) is 64.6 Å². The Balaban J connectivity index is 2.58. The molecule has 1 aliphatic rings. The second-order valence-corrected chi connectivity index (χ2v) is 5.92. The summed E-state index contributed by atoms with van der Waals surface area (Å²) in [6.07, 6.45) is 2.92. The molecular weight excluding hydrogens is 272 g/mol. The Bertz CT molecular complexity index is 341. The van der Waals surface area contributed by atoms with Crippen LogP contribution in [-0.2, 0) is 19.1 Å². The number of hydrogen-bond donors (Lipinski definition) is 2. The van der Waals surface area contributed by atoms with Crippen LogP contribution in [0.15, 0.2) is 0 Å². The van der Waals surface area contributed by atoms with Crippen LogP contribution in [0.4, 0.5) is 0 Å². The molecule has 0 aromatic rings. The Kier molecular flexibility index (Phi) is 7.67. The van der Waals surface area contributed by atoms with Gasteiger partial charge in [-0.1, -0.05) is 13.8 Å². The molecule has 0 saturated carbocycles. The number of nitrogens with two attached hydrogens (primary N) is 1. The zero-order chi connectivity index (χ0) is 15.8. The van der Waals surface area contributed by atoms with Gasteiger partial charge in [0.15, 0.2) is 0 Å². The van der Waals surface area contributed by atoms with E-state index in [1.54, 1.807) is 6.92 Å². The third kappa shape index (κ3) is 6.44. The van der Waals surface area contributed by atoms with E-state index in [0.29, 0.717) is 25.4 Å². The molecule has 3 atom stereocenters. The van der Waals surface area contributed by atoms with E-state index >= 15 is 0 Å². The van der Waals surface area contributed by atoms with Gasteiger partial charge in [0.25, 0.3) is 0 Å². The second kappa shape index (κ2) is 9.00. The minimum absolute atomic E-state index is 0.000953. The second-order valence-electron chi connectivity index (χ2n) is 5.92. The van der Waals surface area contributed by atoms with Crippen LogP contribution >= 0.6 is 0 Å². The number of rotatable bonds is 8. The third-order valence-electron chi connectivity index (χ3n) is 3.47. The number of amides is 1. The van der Waals surface area contributed by atoms with Gasteiger partial charge in [-0.15, -0.1) is 0 Å². The monoisotopic (exact) mass is 300 g/mol. The minimum atomic E-state index is -0.682. The summed E-state index contributed by atoms with van der Waals surface area (Å²) in [5.41, 5.74) is 5.85. The van der Waals surface area contributed by atoms with Crippen LogP contribution in [0.25, 0.3) is 0 Å². The summed E-state index contributed by atoms with van der Waals surface area (Å²) < 4.78 is 10.6. The largest absolute Gasteiger partial charge is 0.464 e. The van der Waals surface area contributed by atoms with E-state index in [0.717, 1.165) is 12.8 Å². The Morgan fingerprint density at radius 2 is 2.14 bits per heavy atom. The van der Waals surface area contributed by atoms with E-state index < -0.39 is 18.1 Å². The van der Waals surface area contributed by atoms with Gasteiger partial charge in [-0.05, 0) is 32.1 Å². The summed E-state index contributed by atoms with van der Waals surface area (Å²) in [5.74, 6) is -0.400. The molecule has 6 nitrogen and oxygen atoms in total. The van der Waals surface area contributed by atoms with Crippen LogP contribution < -0.4 is 11.1 Å². The van der Waals surface area contributed by atoms with Gasteiger partial charge in [-0.2, -0.15) is 0 Å². The molecule has 1 saturated heterocycles. The summed E-state index contributed by atoms with van der Waals surface area (Å²) in [6.45, 7) is 6.74. The van der Waals surface area contributed by atoms with Crippen LogP contribution in [0.2, 0.25) is 0 Å². The molecule has 0 aromatic carbocycles. The fourth-order valence-corrected chi connectivity index (χ4v) is 2.44. The van der Waals surface area contributed by atoms with Crippen molar-refractivity contribution < 1.29 is 19.1 Å². The Morgan fingerprint density at radius 1 is 1.43 bits per heavy atom. The normalized spacial score (nSPS) is 21.1. The average Bonchev–Trinajstić information content (AvgIpc) is 2.90. The zero-order valence-corrected chi connectivity index (χ0v) is 13.3. The van der Waals surface area contributed by atoms with E-state index in [1.165, 1.54) is 0 Å². The lowest BCUT2D eigenvalue weighted by Gasteiger charge is -2.22. The maximum Gasteiger partial charge on any atom is 0.328 e. The van der Waals surface area contributed by atoms with E-state index in [-0.39, 0.29) is 18.6 Å². The lowest BCUT2D eigenvalue weighted by atomic mass is 10.0. The Labute approximate surface area is 126 Å². The van der Waals surface area contributed by atoms with Gasteiger partial charge in [0.05, 0.1) is 18.8 Å². The first-order valence-electron chi connectivity index (χ1n) is 7.78. The minimum Gasteiger partial charge on any atom is -0.464 e. The molecule has 1 fully saturated rings. The lowest BCUT2D eigenvalue weighted by Crippen LogP contribution is -2.50. The van der Waals surface area contributed by atoms with Gasteiger partial charge in [0.2, 0.25) is 5.91 Å². The molecule has 122 valence electrons. The van der Waals surface area contributed by atoms with Crippen LogP contribution in [0.5, 0.6) is 0 Å². The smallest absolute Gasteiger partial charge is 0.328 e. The van der Waals surface area contributed by atoms with Gasteiger partial charge < -0.3 is 20.5 Å². The molecule has 6 heteroatoms. The SMILES string of the molecule is CCOC(=O)[C@H](CC1CCCO1)NC(=O)C(N)CC(C)C. The number of hydrogen-bond acceptors (Lipinski definition) is 5. The van der Waals surface area contributed by atoms with Crippen molar-refractivity contribution in [1.82, 2.24) is 5.32 Å². The molecule has 2 unspecified atom stereocenters. The fourth-order valence-electron chi connectivity index (χ4n) is 2.44. The van der Waals surface area contributed by atoms with E-state index in [1.807, 2.05) is 13.8 Å². The molecule has 1 amide bonds. The molecule has 3 N–H and O–H groups in total. The summed E-state index contributed by atoms with van der Waals surface area (Å²) in [6, 6.07) is -1.29.